The number of hydrogen-bond donors (Lipinski definition) is 2. The lowest BCUT2D eigenvalue weighted by molar-refractivity contribution is -0.140. The number of nitriles is 1. The van der Waals surface area contributed by atoms with E-state index in [1.807, 2.05) is 12.1 Å². The second-order valence-electron chi connectivity index (χ2n) is 11.4. The fraction of sp³-hybridized carbons (Fsp3) is 0.469. The normalized spacial score (nSPS) is 17.4. The molecule has 0 atom stereocenters. The van der Waals surface area contributed by atoms with Crippen LogP contribution >= 0.6 is 0 Å². The van der Waals surface area contributed by atoms with Crippen molar-refractivity contribution in [3.8, 4) is 17.9 Å². The highest BCUT2D eigenvalue weighted by Crippen LogP contribution is 2.30. The number of halogens is 3. The van der Waals surface area contributed by atoms with Crippen LogP contribution < -0.4 is 10.6 Å². The molecule has 2 heterocycles. The van der Waals surface area contributed by atoms with Gasteiger partial charge in [0.05, 0.1) is 41.3 Å². The van der Waals surface area contributed by atoms with Crippen LogP contribution in [0, 0.1) is 29.1 Å². The monoisotopic (exact) mass is 563 g/mol. The molecular weight excluding hydrogens is 527 g/mol. The van der Waals surface area contributed by atoms with Gasteiger partial charge in [-0.05, 0) is 100 Å². The van der Waals surface area contributed by atoms with Crippen molar-refractivity contribution in [2.24, 2.45) is 5.92 Å². The van der Waals surface area contributed by atoms with Crippen molar-refractivity contribution >= 4 is 22.5 Å². The SMILES string of the molecule is CC(=O)NC1CCC(CCc2ccc3c(c2)cc(C#CCNc2ccc(C(C)(C)C#N)nc2)n3CC(F)(F)F)CC1. The Morgan fingerprint density at radius 3 is 2.51 bits per heavy atom. The van der Waals surface area contributed by atoms with Crippen molar-refractivity contribution in [2.45, 2.75) is 83.5 Å². The minimum atomic E-state index is -4.37. The number of pyridine rings is 1. The van der Waals surface area contributed by atoms with Crippen LogP contribution in [0.4, 0.5) is 18.9 Å². The molecule has 4 rings (SSSR count). The highest BCUT2D eigenvalue weighted by molar-refractivity contribution is 5.83. The van der Waals surface area contributed by atoms with E-state index in [4.69, 9.17) is 0 Å². The molecular formula is C32H36F3N5O. The number of alkyl halides is 3. The maximum absolute atomic E-state index is 13.5. The quantitative estimate of drug-likeness (QED) is 0.307. The molecule has 0 unspecified atom stereocenters. The molecule has 0 radical (unpaired) electrons. The number of carbonyl (C=O) groups is 1. The Morgan fingerprint density at radius 2 is 1.88 bits per heavy atom. The first kappa shape index (κ1) is 30.0. The second kappa shape index (κ2) is 12.7. The molecule has 9 heteroatoms. The predicted octanol–water partition coefficient (Wildman–Crippen LogP) is 6.49. The van der Waals surface area contributed by atoms with Crippen LogP contribution in [-0.4, -0.2) is 34.2 Å². The van der Waals surface area contributed by atoms with Gasteiger partial charge in [-0.2, -0.15) is 18.4 Å². The number of aromatic nitrogens is 2. The first-order valence-electron chi connectivity index (χ1n) is 14.0. The number of rotatable bonds is 8. The molecule has 2 aromatic heterocycles. The standard InChI is InChI=1S/C32H36F3N5O/c1-22(41)39-26-11-8-23(9-12-26)6-7-24-10-14-29-25(17-24)18-28(40(29)21-32(33,34)35)5-4-16-37-27-13-15-30(38-19-27)31(2,3)20-36/h10,13-15,17-19,23,26,37H,6-9,11-12,16,21H2,1-3H3,(H,39,41). The van der Waals surface area contributed by atoms with Crippen molar-refractivity contribution in [1.29, 1.82) is 5.26 Å². The smallest absolute Gasteiger partial charge is 0.373 e. The van der Waals surface area contributed by atoms with E-state index in [0.29, 0.717) is 28.5 Å². The van der Waals surface area contributed by atoms with E-state index in [2.05, 4.69) is 33.5 Å². The summed E-state index contributed by atoms with van der Waals surface area (Å²) in [5.74, 6) is 6.46. The third-order valence-corrected chi connectivity index (χ3v) is 7.68. The summed E-state index contributed by atoms with van der Waals surface area (Å²) in [6.45, 7) is 4.25. The maximum Gasteiger partial charge on any atom is 0.406 e. The van der Waals surface area contributed by atoms with Crippen molar-refractivity contribution in [3.63, 3.8) is 0 Å². The van der Waals surface area contributed by atoms with Crippen molar-refractivity contribution in [3.05, 3.63) is 59.5 Å². The van der Waals surface area contributed by atoms with Crippen LogP contribution in [0.15, 0.2) is 42.6 Å². The highest BCUT2D eigenvalue weighted by atomic mass is 19.4. The first-order valence-corrected chi connectivity index (χ1v) is 14.0. The third-order valence-electron chi connectivity index (χ3n) is 7.68. The number of fused-ring (bicyclic) bond motifs is 1. The Kier molecular flexibility index (Phi) is 9.28. The zero-order valence-electron chi connectivity index (χ0n) is 23.7. The van der Waals surface area contributed by atoms with E-state index in [0.717, 1.165) is 49.5 Å². The number of nitrogens with one attached hydrogen (secondary N) is 2. The Bertz CT molecular complexity index is 1460. The molecule has 1 aromatic carbocycles. The lowest BCUT2D eigenvalue weighted by atomic mass is 9.82. The predicted molar refractivity (Wildman–Crippen MR) is 154 cm³/mol. The van der Waals surface area contributed by atoms with Crippen LogP contribution in [0.1, 0.15) is 69.8 Å². The van der Waals surface area contributed by atoms with Crippen LogP contribution in [0.3, 0.4) is 0 Å². The number of aryl methyl sites for hydroxylation is 1. The number of benzene rings is 1. The van der Waals surface area contributed by atoms with Crippen LogP contribution in [0.2, 0.25) is 0 Å². The van der Waals surface area contributed by atoms with Crippen LogP contribution in [-0.2, 0) is 23.2 Å². The molecule has 1 saturated carbocycles. The molecule has 0 spiro atoms. The van der Waals surface area contributed by atoms with E-state index >= 15 is 0 Å². The van der Waals surface area contributed by atoms with Gasteiger partial charge in [0, 0.05) is 23.9 Å². The van der Waals surface area contributed by atoms with Crippen molar-refractivity contribution in [2.75, 3.05) is 11.9 Å². The first-order chi connectivity index (χ1) is 19.4. The summed E-state index contributed by atoms with van der Waals surface area (Å²) < 4.78 is 41.6. The number of anilines is 1. The van der Waals surface area contributed by atoms with Gasteiger partial charge in [0.2, 0.25) is 5.91 Å². The lowest BCUT2D eigenvalue weighted by Gasteiger charge is -2.28. The van der Waals surface area contributed by atoms with Gasteiger partial charge in [0.25, 0.3) is 0 Å². The summed E-state index contributed by atoms with van der Waals surface area (Å²) in [7, 11) is 0. The second-order valence-corrected chi connectivity index (χ2v) is 11.4. The summed E-state index contributed by atoms with van der Waals surface area (Å²) in [4.78, 5) is 15.6. The van der Waals surface area contributed by atoms with Gasteiger partial charge in [-0.15, -0.1) is 0 Å². The van der Waals surface area contributed by atoms with Crippen LogP contribution in [0.5, 0.6) is 0 Å². The van der Waals surface area contributed by atoms with Gasteiger partial charge in [-0.3, -0.25) is 9.78 Å². The molecule has 3 aromatic rings. The van der Waals surface area contributed by atoms with Gasteiger partial charge in [0.15, 0.2) is 0 Å². The number of carbonyl (C=O) groups excluding carboxylic acids is 1. The van der Waals surface area contributed by atoms with E-state index in [1.165, 1.54) is 4.57 Å². The van der Waals surface area contributed by atoms with Gasteiger partial charge >= 0.3 is 6.18 Å². The molecule has 0 aliphatic heterocycles. The molecule has 1 aliphatic rings. The Hall–Kier alpha value is -3.98. The number of amides is 1. The zero-order valence-corrected chi connectivity index (χ0v) is 23.7. The molecule has 1 amide bonds. The molecule has 0 saturated heterocycles. The molecule has 216 valence electrons. The molecule has 1 fully saturated rings. The molecule has 2 N–H and O–H groups in total. The van der Waals surface area contributed by atoms with Crippen LogP contribution in [0.25, 0.3) is 10.9 Å². The average Bonchev–Trinajstić information content (AvgIpc) is 3.25. The van der Waals surface area contributed by atoms with E-state index in [-0.39, 0.29) is 18.5 Å². The van der Waals surface area contributed by atoms with Gasteiger partial charge in [0.1, 0.15) is 6.54 Å². The third kappa shape index (κ3) is 8.27. The van der Waals surface area contributed by atoms with Crippen molar-refractivity contribution in [1.82, 2.24) is 14.9 Å². The fourth-order valence-electron chi connectivity index (χ4n) is 5.39. The van der Waals surface area contributed by atoms with E-state index < -0.39 is 18.1 Å². The lowest BCUT2D eigenvalue weighted by Crippen LogP contribution is -2.36. The summed E-state index contributed by atoms with van der Waals surface area (Å²) in [5.41, 5.74) is 2.60. The molecule has 6 nitrogen and oxygen atoms in total. The number of nitrogens with zero attached hydrogens (tertiary/aromatic N) is 3. The summed E-state index contributed by atoms with van der Waals surface area (Å²) >= 11 is 0. The largest absolute Gasteiger partial charge is 0.406 e. The average molecular weight is 564 g/mol. The van der Waals surface area contributed by atoms with E-state index in [9.17, 15) is 23.2 Å². The zero-order chi connectivity index (χ0) is 29.6. The summed E-state index contributed by atoms with van der Waals surface area (Å²) in [6, 6.07) is 13.5. The van der Waals surface area contributed by atoms with Gasteiger partial charge in [-0.1, -0.05) is 12.0 Å². The maximum atomic E-state index is 13.5. The minimum Gasteiger partial charge on any atom is -0.373 e. The summed E-state index contributed by atoms with van der Waals surface area (Å²) in [6.07, 6.45) is 3.24. The van der Waals surface area contributed by atoms with Gasteiger partial charge in [-0.25, -0.2) is 0 Å². The molecule has 1 aliphatic carbocycles. The highest BCUT2D eigenvalue weighted by Gasteiger charge is 2.30. The van der Waals surface area contributed by atoms with E-state index in [1.54, 1.807) is 51.2 Å². The fourth-order valence-corrected chi connectivity index (χ4v) is 5.39. The Morgan fingerprint density at radius 1 is 1.12 bits per heavy atom. The minimum absolute atomic E-state index is 0.0172. The topological polar surface area (TPSA) is 82.7 Å². The molecule has 41 heavy (non-hydrogen) atoms. The van der Waals surface area contributed by atoms with Gasteiger partial charge < -0.3 is 15.2 Å². The van der Waals surface area contributed by atoms with Crippen molar-refractivity contribution < 1.29 is 18.0 Å². The Balaban J connectivity index is 1.42. The number of hydrogen-bond acceptors (Lipinski definition) is 4. The Labute approximate surface area is 239 Å². The summed E-state index contributed by atoms with van der Waals surface area (Å²) in [5, 5.41) is 16.1. The molecule has 0 bridgehead atoms.